The number of unbranched alkanes of at least 4 members (excludes halogenated alkanes) is 4. The predicted molar refractivity (Wildman–Crippen MR) is 73.2 cm³/mol. The third-order valence-electron chi connectivity index (χ3n) is 2.04. The van der Waals surface area contributed by atoms with Crippen molar-refractivity contribution in [2.45, 2.75) is 39.0 Å². The minimum atomic E-state index is 0. The number of halogens is 1. The molecule has 96 valence electrons. The van der Waals surface area contributed by atoms with Crippen molar-refractivity contribution in [3.8, 4) is 0 Å². The summed E-state index contributed by atoms with van der Waals surface area (Å²) in [6.07, 6.45) is 6.12. The molecule has 0 aromatic carbocycles. The van der Waals surface area contributed by atoms with E-state index in [1.807, 2.05) is 0 Å². The fraction of sp³-hybridized carbons (Fsp3) is 0.800. The van der Waals surface area contributed by atoms with Gasteiger partial charge in [-0.2, -0.15) is 0 Å². The molecule has 0 amide bonds. The SMILES string of the molecule is CCCCCCCN=C(N)NC(N)=NC.Cl. The molecule has 0 saturated heterocycles. The van der Waals surface area contributed by atoms with Gasteiger partial charge in [0.25, 0.3) is 0 Å². The monoisotopic (exact) mass is 249 g/mol. The Labute approximate surface area is 104 Å². The number of hydrogen-bond acceptors (Lipinski definition) is 2. The van der Waals surface area contributed by atoms with Crippen LogP contribution in [0.3, 0.4) is 0 Å². The Balaban J connectivity index is 0. The molecule has 0 aromatic rings. The van der Waals surface area contributed by atoms with Crippen LogP contribution in [0.25, 0.3) is 0 Å². The molecule has 0 aliphatic rings. The Morgan fingerprint density at radius 1 is 1.06 bits per heavy atom. The standard InChI is InChI=1S/C10H23N5.ClH/c1-3-4-5-6-7-8-14-10(12)15-9(11)13-2;/h3-8H2,1-2H3,(H5,11,12,13,14,15);1H. The van der Waals surface area contributed by atoms with E-state index in [9.17, 15) is 0 Å². The Morgan fingerprint density at radius 2 is 1.69 bits per heavy atom. The van der Waals surface area contributed by atoms with Gasteiger partial charge in [-0.1, -0.05) is 32.6 Å². The Hall–Kier alpha value is -0.970. The quantitative estimate of drug-likeness (QED) is 0.376. The lowest BCUT2D eigenvalue weighted by atomic mass is 10.2. The minimum Gasteiger partial charge on any atom is -0.370 e. The largest absolute Gasteiger partial charge is 0.370 e. The third-order valence-corrected chi connectivity index (χ3v) is 2.04. The maximum absolute atomic E-state index is 5.57. The highest BCUT2D eigenvalue weighted by Gasteiger charge is 1.93. The van der Waals surface area contributed by atoms with Crippen LogP contribution in [0.4, 0.5) is 0 Å². The lowest BCUT2D eigenvalue weighted by molar-refractivity contribution is 0.638. The van der Waals surface area contributed by atoms with Crippen LogP contribution in [-0.4, -0.2) is 25.5 Å². The van der Waals surface area contributed by atoms with Gasteiger partial charge in [0.05, 0.1) is 0 Å². The molecule has 5 N–H and O–H groups in total. The lowest BCUT2D eigenvalue weighted by Crippen LogP contribution is -2.41. The van der Waals surface area contributed by atoms with E-state index in [1.54, 1.807) is 7.05 Å². The summed E-state index contributed by atoms with van der Waals surface area (Å²) in [5, 5.41) is 2.69. The summed E-state index contributed by atoms with van der Waals surface area (Å²) in [5.41, 5.74) is 11.0. The molecule has 6 heteroatoms. The fourth-order valence-corrected chi connectivity index (χ4v) is 1.14. The van der Waals surface area contributed by atoms with Crippen LogP contribution in [0.1, 0.15) is 39.0 Å². The summed E-state index contributed by atoms with van der Waals surface area (Å²) in [4.78, 5) is 7.85. The molecule has 0 aliphatic carbocycles. The highest BCUT2D eigenvalue weighted by atomic mass is 35.5. The van der Waals surface area contributed by atoms with Gasteiger partial charge in [-0.3, -0.25) is 15.3 Å². The van der Waals surface area contributed by atoms with Gasteiger partial charge >= 0.3 is 0 Å². The summed E-state index contributed by atoms with van der Waals surface area (Å²) < 4.78 is 0. The van der Waals surface area contributed by atoms with Crippen molar-refractivity contribution in [2.75, 3.05) is 13.6 Å². The van der Waals surface area contributed by atoms with Gasteiger partial charge in [-0.05, 0) is 6.42 Å². The molecule has 0 heterocycles. The summed E-state index contributed by atoms with van der Waals surface area (Å²) in [6.45, 7) is 2.95. The second kappa shape index (κ2) is 12.1. The van der Waals surface area contributed by atoms with E-state index in [2.05, 4.69) is 22.2 Å². The van der Waals surface area contributed by atoms with Crippen LogP contribution in [0.2, 0.25) is 0 Å². The van der Waals surface area contributed by atoms with Crippen molar-refractivity contribution in [1.29, 1.82) is 0 Å². The molecule has 0 rings (SSSR count). The van der Waals surface area contributed by atoms with E-state index in [0.717, 1.165) is 13.0 Å². The zero-order valence-electron chi connectivity index (χ0n) is 10.2. The predicted octanol–water partition coefficient (Wildman–Crippen LogP) is 1.23. The zero-order chi connectivity index (χ0) is 11.5. The van der Waals surface area contributed by atoms with Crippen LogP contribution < -0.4 is 16.8 Å². The number of guanidine groups is 2. The molecule has 5 nitrogen and oxygen atoms in total. The lowest BCUT2D eigenvalue weighted by Gasteiger charge is -2.03. The van der Waals surface area contributed by atoms with Crippen molar-refractivity contribution >= 4 is 24.3 Å². The highest BCUT2D eigenvalue weighted by molar-refractivity contribution is 5.96. The number of hydrogen-bond donors (Lipinski definition) is 3. The Bertz CT molecular complexity index is 215. The Morgan fingerprint density at radius 3 is 2.25 bits per heavy atom. The van der Waals surface area contributed by atoms with Gasteiger partial charge < -0.3 is 11.5 Å². The second-order valence-electron chi connectivity index (χ2n) is 3.42. The molecule has 0 bridgehead atoms. The number of nitrogens with two attached hydrogens (primary N) is 2. The molecule has 0 radical (unpaired) electrons. The summed E-state index contributed by atoms with van der Waals surface area (Å²) in [7, 11) is 1.60. The van der Waals surface area contributed by atoms with E-state index in [0.29, 0.717) is 11.9 Å². The van der Waals surface area contributed by atoms with Crippen molar-refractivity contribution in [1.82, 2.24) is 5.32 Å². The van der Waals surface area contributed by atoms with Crippen LogP contribution >= 0.6 is 12.4 Å². The van der Waals surface area contributed by atoms with Gasteiger partial charge in [-0.15, -0.1) is 12.4 Å². The number of nitrogens with one attached hydrogen (secondary N) is 1. The number of rotatable bonds is 6. The first kappa shape index (κ1) is 17.4. The molecule has 0 spiro atoms. The van der Waals surface area contributed by atoms with Gasteiger partial charge in [-0.25, -0.2) is 0 Å². The zero-order valence-corrected chi connectivity index (χ0v) is 11.0. The molecular formula is C10H24ClN5. The van der Waals surface area contributed by atoms with Crippen LogP contribution in [0.5, 0.6) is 0 Å². The van der Waals surface area contributed by atoms with Gasteiger partial charge in [0.15, 0.2) is 11.9 Å². The average Bonchev–Trinajstić information content (AvgIpc) is 2.23. The summed E-state index contributed by atoms with van der Waals surface area (Å²) >= 11 is 0. The Kier molecular flexibility index (Phi) is 13.2. The van der Waals surface area contributed by atoms with E-state index in [-0.39, 0.29) is 12.4 Å². The average molecular weight is 250 g/mol. The van der Waals surface area contributed by atoms with Crippen molar-refractivity contribution in [2.24, 2.45) is 21.5 Å². The molecule has 0 saturated carbocycles. The first-order valence-electron chi connectivity index (χ1n) is 5.50. The van der Waals surface area contributed by atoms with Gasteiger partial charge in [0, 0.05) is 13.6 Å². The fourth-order valence-electron chi connectivity index (χ4n) is 1.14. The summed E-state index contributed by atoms with van der Waals surface area (Å²) in [6, 6.07) is 0. The number of aliphatic imine (C=N–C) groups is 2. The minimum absolute atomic E-state index is 0. The smallest absolute Gasteiger partial charge is 0.195 e. The number of nitrogens with zero attached hydrogens (tertiary/aromatic N) is 2. The van der Waals surface area contributed by atoms with Gasteiger partial charge in [0.2, 0.25) is 0 Å². The third kappa shape index (κ3) is 11.1. The first-order chi connectivity index (χ1) is 7.20. The molecule has 0 fully saturated rings. The maximum atomic E-state index is 5.57. The molecule has 0 aromatic heterocycles. The van der Waals surface area contributed by atoms with E-state index >= 15 is 0 Å². The molecule has 16 heavy (non-hydrogen) atoms. The maximum Gasteiger partial charge on any atom is 0.195 e. The first-order valence-corrected chi connectivity index (χ1v) is 5.50. The van der Waals surface area contributed by atoms with E-state index in [4.69, 9.17) is 11.5 Å². The normalized spacial score (nSPS) is 12.1. The highest BCUT2D eigenvalue weighted by Crippen LogP contribution is 2.01. The second-order valence-corrected chi connectivity index (χ2v) is 3.42. The van der Waals surface area contributed by atoms with Crippen LogP contribution in [-0.2, 0) is 0 Å². The van der Waals surface area contributed by atoms with Crippen LogP contribution in [0.15, 0.2) is 9.98 Å². The van der Waals surface area contributed by atoms with Crippen molar-refractivity contribution in [3.63, 3.8) is 0 Å². The topological polar surface area (TPSA) is 88.8 Å². The molecule has 0 aliphatic heterocycles. The van der Waals surface area contributed by atoms with Crippen molar-refractivity contribution in [3.05, 3.63) is 0 Å². The van der Waals surface area contributed by atoms with Crippen molar-refractivity contribution < 1.29 is 0 Å². The van der Waals surface area contributed by atoms with Crippen LogP contribution in [0, 0.1) is 0 Å². The molecule has 0 unspecified atom stereocenters. The molecule has 0 atom stereocenters. The van der Waals surface area contributed by atoms with E-state index in [1.165, 1.54) is 25.7 Å². The van der Waals surface area contributed by atoms with Gasteiger partial charge in [0.1, 0.15) is 0 Å². The molecular weight excluding hydrogens is 226 g/mol. The van der Waals surface area contributed by atoms with E-state index < -0.39 is 0 Å². The summed E-state index contributed by atoms with van der Waals surface area (Å²) in [5.74, 6) is 0.635.